The normalized spacial score (nSPS) is 10.3. The number of ether oxygens (including phenoxy) is 1. The molecule has 5 heteroatoms. The maximum absolute atomic E-state index is 13.0. The van der Waals surface area contributed by atoms with Crippen molar-refractivity contribution in [2.75, 3.05) is 0 Å². The summed E-state index contributed by atoms with van der Waals surface area (Å²) >= 11 is 3.17. The number of rotatable bonds is 3. The van der Waals surface area contributed by atoms with Gasteiger partial charge in [0.05, 0.1) is 4.47 Å². The highest BCUT2D eigenvalue weighted by molar-refractivity contribution is 9.10. The predicted molar refractivity (Wildman–Crippen MR) is 72.3 cm³/mol. The molecular weight excluding hydrogens is 315 g/mol. The van der Waals surface area contributed by atoms with E-state index in [4.69, 9.17) is 9.84 Å². The Labute approximate surface area is 117 Å². The van der Waals surface area contributed by atoms with Crippen LogP contribution in [-0.4, -0.2) is 11.1 Å². The van der Waals surface area contributed by atoms with Crippen molar-refractivity contribution in [3.05, 3.63) is 57.8 Å². The van der Waals surface area contributed by atoms with Crippen LogP contribution < -0.4 is 4.74 Å². The van der Waals surface area contributed by atoms with Gasteiger partial charge in [0.25, 0.3) is 0 Å². The Balaban J connectivity index is 2.42. The zero-order chi connectivity index (χ0) is 14.0. The van der Waals surface area contributed by atoms with Gasteiger partial charge in [0.15, 0.2) is 0 Å². The molecule has 98 valence electrons. The Morgan fingerprint density at radius 3 is 2.58 bits per heavy atom. The van der Waals surface area contributed by atoms with Gasteiger partial charge in [0, 0.05) is 0 Å². The van der Waals surface area contributed by atoms with E-state index in [0.717, 1.165) is 5.56 Å². The highest BCUT2D eigenvalue weighted by Gasteiger charge is 2.13. The third-order valence-electron chi connectivity index (χ3n) is 2.48. The van der Waals surface area contributed by atoms with E-state index in [2.05, 4.69) is 15.9 Å². The van der Waals surface area contributed by atoms with Crippen LogP contribution in [-0.2, 0) is 0 Å². The number of carboxylic acids is 1. The van der Waals surface area contributed by atoms with Gasteiger partial charge < -0.3 is 9.84 Å². The zero-order valence-electron chi connectivity index (χ0n) is 9.98. The van der Waals surface area contributed by atoms with Crippen LogP contribution in [0.2, 0.25) is 0 Å². The molecule has 2 aromatic carbocycles. The second kappa shape index (κ2) is 5.40. The SMILES string of the molecule is Cc1ccc(C(=O)O)c(Oc2ccc(F)cc2Br)c1. The average molecular weight is 325 g/mol. The summed E-state index contributed by atoms with van der Waals surface area (Å²) in [7, 11) is 0. The average Bonchev–Trinajstić information content (AvgIpc) is 2.32. The molecular formula is C14H10BrFO3. The molecule has 0 saturated heterocycles. The quantitative estimate of drug-likeness (QED) is 0.910. The molecule has 0 aliphatic rings. The highest BCUT2D eigenvalue weighted by atomic mass is 79.9. The number of benzene rings is 2. The summed E-state index contributed by atoms with van der Waals surface area (Å²) in [5, 5.41) is 9.10. The van der Waals surface area contributed by atoms with Gasteiger partial charge in [0.1, 0.15) is 22.9 Å². The lowest BCUT2D eigenvalue weighted by atomic mass is 10.1. The molecule has 0 atom stereocenters. The number of hydrogen-bond donors (Lipinski definition) is 1. The Bertz CT molecular complexity index is 641. The molecule has 0 heterocycles. The van der Waals surface area contributed by atoms with Gasteiger partial charge in [-0.05, 0) is 58.7 Å². The van der Waals surface area contributed by atoms with E-state index in [1.807, 2.05) is 6.92 Å². The van der Waals surface area contributed by atoms with Gasteiger partial charge >= 0.3 is 5.97 Å². The number of hydrogen-bond acceptors (Lipinski definition) is 2. The van der Waals surface area contributed by atoms with E-state index < -0.39 is 11.8 Å². The third-order valence-corrected chi connectivity index (χ3v) is 3.10. The van der Waals surface area contributed by atoms with Crippen LogP contribution in [0.25, 0.3) is 0 Å². The first-order valence-electron chi connectivity index (χ1n) is 5.44. The number of halogens is 2. The molecule has 0 saturated carbocycles. The Hall–Kier alpha value is -1.88. The molecule has 0 fully saturated rings. The van der Waals surface area contributed by atoms with E-state index in [-0.39, 0.29) is 11.3 Å². The van der Waals surface area contributed by atoms with Gasteiger partial charge in [-0.25, -0.2) is 9.18 Å². The van der Waals surface area contributed by atoms with Gasteiger partial charge in [0.2, 0.25) is 0 Å². The highest BCUT2D eigenvalue weighted by Crippen LogP contribution is 2.32. The molecule has 2 rings (SSSR count). The van der Waals surface area contributed by atoms with Crippen LogP contribution in [0.3, 0.4) is 0 Å². The van der Waals surface area contributed by atoms with Crippen LogP contribution in [0.5, 0.6) is 11.5 Å². The van der Waals surface area contributed by atoms with E-state index in [1.165, 1.54) is 24.3 Å². The molecule has 0 bridgehead atoms. The van der Waals surface area contributed by atoms with Crippen LogP contribution in [0.4, 0.5) is 4.39 Å². The Morgan fingerprint density at radius 1 is 1.21 bits per heavy atom. The third kappa shape index (κ3) is 3.12. The maximum atomic E-state index is 13.0. The van der Waals surface area contributed by atoms with Crippen molar-refractivity contribution in [2.24, 2.45) is 0 Å². The molecule has 0 aromatic heterocycles. The van der Waals surface area contributed by atoms with E-state index >= 15 is 0 Å². The molecule has 0 aliphatic heterocycles. The van der Waals surface area contributed by atoms with Crippen molar-refractivity contribution in [3.63, 3.8) is 0 Å². The second-order valence-electron chi connectivity index (χ2n) is 3.98. The smallest absolute Gasteiger partial charge is 0.339 e. The van der Waals surface area contributed by atoms with Gasteiger partial charge in [-0.15, -0.1) is 0 Å². The van der Waals surface area contributed by atoms with Crippen LogP contribution in [0.15, 0.2) is 40.9 Å². The predicted octanol–water partition coefficient (Wildman–Crippen LogP) is 4.39. The van der Waals surface area contributed by atoms with E-state index in [9.17, 15) is 9.18 Å². The minimum atomic E-state index is -1.08. The minimum Gasteiger partial charge on any atom is -0.478 e. The first kappa shape index (κ1) is 13.5. The van der Waals surface area contributed by atoms with Gasteiger partial charge in [-0.1, -0.05) is 6.07 Å². The number of carbonyl (C=O) groups is 1. The Morgan fingerprint density at radius 2 is 1.95 bits per heavy atom. The van der Waals surface area contributed by atoms with Gasteiger partial charge in [-0.3, -0.25) is 0 Å². The summed E-state index contributed by atoms with van der Waals surface area (Å²) in [6.07, 6.45) is 0. The van der Waals surface area contributed by atoms with Crippen molar-refractivity contribution in [1.82, 2.24) is 0 Å². The Kier molecular flexibility index (Phi) is 3.85. The monoisotopic (exact) mass is 324 g/mol. The molecule has 0 aliphatic carbocycles. The summed E-state index contributed by atoms with van der Waals surface area (Å²) < 4.78 is 18.9. The van der Waals surface area contributed by atoms with Crippen LogP contribution >= 0.6 is 15.9 Å². The fourth-order valence-electron chi connectivity index (χ4n) is 1.57. The zero-order valence-corrected chi connectivity index (χ0v) is 11.6. The van der Waals surface area contributed by atoms with E-state index in [0.29, 0.717) is 10.2 Å². The summed E-state index contributed by atoms with van der Waals surface area (Å²) in [6, 6.07) is 8.73. The summed E-state index contributed by atoms with van der Waals surface area (Å²) in [5.74, 6) is -0.899. The van der Waals surface area contributed by atoms with Crippen LogP contribution in [0.1, 0.15) is 15.9 Å². The lowest BCUT2D eigenvalue weighted by Gasteiger charge is -2.11. The lowest BCUT2D eigenvalue weighted by Crippen LogP contribution is -2.00. The summed E-state index contributed by atoms with van der Waals surface area (Å²) in [5.41, 5.74) is 0.931. The van der Waals surface area contributed by atoms with Crippen molar-refractivity contribution in [3.8, 4) is 11.5 Å². The molecule has 0 spiro atoms. The molecule has 19 heavy (non-hydrogen) atoms. The van der Waals surface area contributed by atoms with E-state index in [1.54, 1.807) is 12.1 Å². The second-order valence-corrected chi connectivity index (χ2v) is 4.84. The number of aromatic carboxylic acids is 1. The van der Waals surface area contributed by atoms with Crippen molar-refractivity contribution >= 4 is 21.9 Å². The summed E-state index contributed by atoms with van der Waals surface area (Å²) in [4.78, 5) is 11.1. The minimum absolute atomic E-state index is 0.0572. The van der Waals surface area contributed by atoms with Crippen molar-refractivity contribution in [2.45, 2.75) is 6.92 Å². The first-order chi connectivity index (χ1) is 8.97. The number of carboxylic acid groups (broad SMARTS) is 1. The fraction of sp³-hybridized carbons (Fsp3) is 0.0714. The maximum Gasteiger partial charge on any atom is 0.339 e. The van der Waals surface area contributed by atoms with Crippen molar-refractivity contribution in [1.29, 1.82) is 0 Å². The fourth-order valence-corrected chi connectivity index (χ4v) is 2.00. The lowest BCUT2D eigenvalue weighted by molar-refractivity contribution is 0.0694. The topological polar surface area (TPSA) is 46.5 Å². The standard InChI is InChI=1S/C14H10BrFO3/c1-8-2-4-10(14(17)18)13(6-8)19-12-5-3-9(16)7-11(12)15/h2-7H,1H3,(H,17,18). The molecule has 0 amide bonds. The molecule has 3 nitrogen and oxygen atoms in total. The van der Waals surface area contributed by atoms with Crippen LogP contribution in [0, 0.1) is 12.7 Å². The van der Waals surface area contributed by atoms with Gasteiger partial charge in [-0.2, -0.15) is 0 Å². The molecule has 2 aromatic rings. The summed E-state index contributed by atoms with van der Waals surface area (Å²) in [6.45, 7) is 1.83. The number of aryl methyl sites for hydroxylation is 1. The molecule has 0 unspecified atom stereocenters. The van der Waals surface area contributed by atoms with Crippen molar-refractivity contribution < 1.29 is 19.0 Å². The first-order valence-corrected chi connectivity index (χ1v) is 6.23. The molecule has 0 radical (unpaired) electrons. The molecule has 1 N–H and O–H groups in total. The largest absolute Gasteiger partial charge is 0.478 e.